The molecule has 0 bridgehead atoms. The number of hydrogen-bond acceptors (Lipinski definition) is 5. The summed E-state index contributed by atoms with van der Waals surface area (Å²) in [5.41, 5.74) is 0.0260. The molecular formula is C18H20FN5OS. The van der Waals surface area contributed by atoms with Gasteiger partial charge in [-0.25, -0.2) is 4.39 Å². The van der Waals surface area contributed by atoms with Gasteiger partial charge in [0.25, 0.3) is 0 Å². The molecule has 0 unspecified atom stereocenters. The smallest absolute Gasteiger partial charge is 0.231 e. The van der Waals surface area contributed by atoms with Crippen molar-refractivity contribution in [3.8, 4) is 17.5 Å². The molecule has 2 aromatic rings. The molecule has 1 amide bonds. The molecule has 1 N–H and O–H groups in total. The average molecular weight is 373 g/mol. The van der Waals surface area contributed by atoms with Crippen LogP contribution in [0.25, 0.3) is 11.4 Å². The summed E-state index contributed by atoms with van der Waals surface area (Å²) in [6.45, 7) is 0. The second kappa shape index (κ2) is 7.87. The lowest BCUT2D eigenvalue weighted by molar-refractivity contribution is -0.120. The van der Waals surface area contributed by atoms with Gasteiger partial charge in [-0.3, -0.25) is 4.79 Å². The van der Waals surface area contributed by atoms with Gasteiger partial charge in [0, 0.05) is 12.6 Å². The monoisotopic (exact) mass is 373 g/mol. The Kier molecular flexibility index (Phi) is 5.57. The minimum atomic E-state index is -0.727. The van der Waals surface area contributed by atoms with Crippen molar-refractivity contribution >= 4 is 17.7 Å². The number of halogens is 1. The molecule has 0 saturated heterocycles. The zero-order valence-corrected chi connectivity index (χ0v) is 15.4. The van der Waals surface area contributed by atoms with Crippen LogP contribution in [0.4, 0.5) is 4.39 Å². The van der Waals surface area contributed by atoms with Crippen LogP contribution in [0.2, 0.25) is 0 Å². The molecule has 0 spiro atoms. The summed E-state index contributed by atoms with van der Waals surface area (Å²) in [7, 11) is 1.80. The molecule has 8 heteroatoms. The van der Waals surface area contributed by atoms with Crippen LogP contribution in [-0.4, -0.2) is 32.0 Å². The number of thioether (sulfide) groups is 1. The molecule has 1 aromatic carbocycles. The third-order valence-corrected chi connectivity index (χ3v) is 5.59. The van der Waals surface area contributed by atoms with Gasteiger partial charge in [0.15, 0.2) is 11.0 Å². The van der Waals surface area contributed by atoms with Crippen LogP contribution in [0.1, 0.15) is 32.1 Å². The van der Waals surface area contributed by atoms with Gasteiger partial charge in [-0.05, 0) is 37.1 Å². The average Bonchev–Trinajstić information content (AvgIpc) is 3.02. The second-order valence-electron chi connectivity index (χ2n) is 6.46. The Balaban J connectivity index is 1.62. The Morgan fingerprint density at radius 2 is 2.00 bits per heavy atom. The van der Waals surface area contributed by atoms with Crippen molar-refractivity contribution in [3.05, 3.63) is 30.1 Å². The third kappa shape index (κ3) is 4.05. The SMILES string of the molecule is Cn1c(SCC(=O)NC2(C#N)CCCCC2)nnc1-c1ccc(F)cc1. The molecule has 1 fully saturated rings. The predicted octanol–water partition coefficient (Wildman–Crippen LogP) is 3.06. The number of amides is 1. The molecule has 1 heterocycles. The maximum Gasteiger partial charge on any atom is 0.231 e. The zero-order chi connectivity index (χ0) is 18.6. The van der Waals surface area contributed by atoms with Crippen molar-refractivity contribution < 1.29 is 9.18 Å². The number of nitrogens with one attached hydrogen (secondary N) is 1. The van der Waals surface area contributed by atoms with E-state index in [1.165, 1.54) is 23.9 Å². The summed E-state index contributed by atoms with van der Waals surface area (Å²) in [5.74, 6) is 0.286. The molecule has 0 radical (unpaired) electrons. The molecule has 1 aliphatic rings. The van der Waals surface area contributed by atoms with Gasteiger partial charge in [-0.15, -0.1) is 10.2 Å². The number of carbonyl (C=O) groups is 1. The summed E-state index contributed by atoms with van der Waals surface area (Å²) >= 11 is 1.27. The fraction of sp³-hybridized carbons (Fsp3) is 0.444. The molecule has 0 atom stereocenters. The van der Waals surface area contributed by atoms with E-state index in [4.69, 9.17) is 0 Å². The molecule has 1 saturated carbocycles. The van der Waals surface area contributed by atoms with Crippen LogP contribution < -0.4 is 5.32 Å². The Labute approximate surface area is 155 Å². The number of carbonyl (C=O) groups excluding carboxylic acids is 1. The number of nitrogens with zero attached hydrogens (tertiary/aromatic N) is 4. The van der Waals surface area contributed by atoms with E-state index in [0.29, 0.717) is 23.8 Å². The topological polar surface area (TPSA) is 83.6 Å². The first-order valence-corrected chi connectivity index (χ1v) is 9.52. The maximum atomic E-state index is 13.1. The lowest BCUT2D eigenvalue weighted by Gasteiger charge is -2.31. The quantitative estimate of drug-likeness (QED) is 0.815. The van der Waals surface area contributed by atoms with E-state index in [9.17, 15) is 14.4 Å². The van der Waals surface area contributed by atoms with Gasteiger partial charge < -0.3 is 9.88 Å². The molecule has 0 aliphatic heterocycles. The van der Waals surface area contributed by atoms with E-state index in [2.05, 4.69) is 21.6 Å². The van der Waals surface area contributed by atoms with Crippen molar-refractivity contribution in [2.24, 2.45) is 7.05 Å². The van der Waals surface area contributed by atoms with Gasteiger partial charge in [-0.2, -0.15) is 5.26 Å². The normalized spacial score (nSPS) is 16.0. The van der Waals surface area contributed by atoms with Crippen molar-refractivity contribution in [3.63, 3.8) is 0 Å². The lowest BCUT2D eigenvalue weighted by Crippen LogP contribution is -2.49. The number of hydrogen-bond donors (Lipinski definition) is 1. The lowest BCUT2D eigenvalue weighted by atomic mass is 9.83. The molecule has 26 heavy (non-hydrogen) atoms. The van der Waals surface area contributed by atoms with Crippen molar-refractivity contribution in [2.75, 3.05) is 5.75 Å². The molecule has 3 rings (SSSR count). The highest BCUT2D eigenvalue weighted by Crippen LogP contribution is 2.28. The van der Waals surface area contributed by atoms with Gasteiger partial charge in [-0.1, -0.05) is 31.0 Å². The zero-order valence-electron chi connectivity index (χ0n) is 14.5. The van der Waals surface area contributed by atoms with Crippen molar-refractivity contribution in [2.45, 2.75) is 42.8 Å². The van der Waals surface area contributed by atoms with E-state index in [1.54, 1.807) is 23.7 Å². The van der Waals surface area contributed by atoms with E-state index in [-0.39, 0.29) is 17.5 Å². The molecular weight excluding hydrogens is 353 g/mol. The van der Waals surface area contributed by atoms with Crippen LogP contribution >= 0.6 is 11.8 Å². The first-order valence-electron chi connectivity index (χ1n) is 8.53. The van der Waals surface area contributed by atoms with E-state index in [1.807, 2.05) is 0 Å². The highest BCUT2D eigenvalue weighted by molar-refractivity contribution is 7.99. The second-order valence-corrected chi connectivity index (χ2v) is 7.41. The number of nitriles is 1. The Hall–Kier alpha value is -2.40. The fourth-order valence-electron chi connectivity index (χ4n) is 3.14. The predicted molar refractivity (Wildman–Crippen MR) is 96.7 cm³/mol. The summed E-state index contributed by atoms with van der Waals surface area (Å²) < 4.78 is 14.8. The number of aromatic nitrogens is 3. The van der Waals surface area contributed by atoms with E-state index in [0.717, 1.165) is 24.8 Å². The first-order chi connectivity index (χ1) is 12.5. The van der Waals surface area contributed by atoms with E-state index >= 15 is 0 Å². The van der Waals surface area contributed by atoms with Crippen LogP contribution in [-0.2, 0) is 11.8 Å². The summed E-state index contributed by atoms with van der Waals surface area (Å²) in [6.07, 6.45) is 4.45. The Morgan fingerprint density at radius 1 is 1.31 bits per heavy atom. The Bertz CT molecular complexity index is 821. The minimum absolute atomic E-state index is 0.165. The Morgan fingerprint density at radius 3 is 2.65 bits per heavy atom. The number of rotatable bonds is 5. The van der Waals surface area contributed by atoms with Crippen molar-refractivity contribution in [1.82, 2.24) is 20.1 Å². The van der Waals surface area contributed by atoms with Crippen molar-refractivity contribution in [1.29, 1.82) is 5.26 Å². The largest absolute Gasteiger partial charge is 0.337 e. The summed E-state index contributed by atoms with van der Waals surface area (Å²) in [6, 6.07) is 8.30. The van der Waals surface area contributed by atoms with Gasteiger partial charge >= 0.3 is 0 Å². The highest BCUT2D eigenvalue weighted by Gasteiger charge is 2.33. The van der Waals surface area contributed by atoms with Gasteiger partial charge in [0.1, 0.15) is 11.4 Å². The summed E-state index contributed by atoms with van der Waals surface area (Å²) in [5, 5.41) is 21.2. The summed E-state index contributed by atoms with van der Waals surface area (Å²) in [4.78, 5) is 12.3. The van der Waals surface area contributed by atoms with Crippen LogP contribution in [0.15, 0.2) is 29.4 Å². The van der Waals surface area contributed by atoms with Crippen LogP contribution in [0, 0.1) is 17.1 Å². The van der Waals surface area contributed by atoms with Gasteiger partial charge in [0.2, 0.25) is 5.91 Å². The third-order valence-electron chi connectivity index (χ3n) is 4.57. The first kappa shape index (κ1) is 18.4. The standard InChI is InChI=1S/C18H20FN5OS/c1-24-16(13-5-7-14(19)8-6-13)22-23-17(24)26-11-15(25)21-18(12-20)9-3-2-4-10-18/h5-8H,2-4,9-11H2,1H3,(H,21,25). The van der Waals surface area contributed by atoms with Crippen LogP contribution in [0.3, 0.4) is 0 Å². The molecule has 6 nitrogen and oxygen atoms in total. The molecule has 1 aliphatic carbocycles. The van der Waals surface area contributed by atoms with Gasteiger partial charge in [0.05, 0.1) is 11.8 Å². The number of benzene rings is 1. The highest BCUT2D eigenvalue weighted by atomic mass is 32.2. The maximum absolute atomic E-state index is 13.1. The molecule has 136 valence electrons. The minimum Gasteiger partial charge on any atom is -0.337 e. The molecule has 1 aromatic heterocycles. The van der Waals surface area contributed by atoms with E-state index < -0.39 is 5.54 Å². The fourth-order valence-corrected chi connectivity index (χ4v) is 3.86. The van der Waals surface area contributed by atoms with Crippen LogP contribution in [0.5, 0.6) is 0 Å².